The molecule has 0 unspecified atom stereocenters. The van der Waals surface area contributed by atoms with Crippen molar-refractivity contribution in [1.82, 2.24) is 10.2 Å². The zero-order valence-electron chi connectivity index (χ0n) is 16.0. The second kappa shape index (κ2) is 10.7. The van der Waals surface area contributed by atoms with Gasteiger partial charge in [0.2, 0.25) is 5.91 Å². The number of halogens is 2. The van der Waals surface area contributed by atoms with E-state index in [2.05, 4.69) is 5.32 Å². The molecule has 0 spiro atoms. The van der Waals surface area contributed by atoms with Gasteiger partial charge in [-0.1, -0.05) is 30.7 Å². The molecule has 2 amide bonds. The first-order valence-electron chi connectivity index (χ1n) is 9.10. The van der Waals surface area contributed by atoms with Gasteiger partial charge in [0, 0.05) is 18.1 Å². The molecule has 2 rings (SSSR count). The van der Waals surface area contributed by atoms with Crippen molar-refractivity contribution in [3.8, 4) is 5.75 Å². The summed E-state index contributed by atoms with van der Waals surface area (Å²) in [6.07, 6.45) is 0.803. The number of rotatable bonds is 9. The summed E-state index contributed by atoms with van der Waals surface area (Å²) in [4.78, 5) is 26.6. The van der Waals surface area contributed by atoms with Crippen LogP contribution < -0.4 is 10.1 Å². The van der Waals surface area contributed by atoms with Crippen LogP contribution in [-0.4, -0.2) is 35.9 Å². The highest BCUT2D eigenvalue weighted by atomic mass is 35.5. The second-order valence-corrected chi connectivity index (χ2v) is 6.79. The maximum atomic E-state index is 13.0. The standard InChI is InChI=1S/C21H24ClFN2O3/c1-3-12-24-21(27)15(2)25(13-16-4-6-17(22)7-5-16)20(26)14-28-19-10-8-18(23)9-11-19/h4-11,15H,3,12-14H2,1-2H3,(H,24,27)/t15-/m1/s1. The average molecular weight is 407 g/mol. The van der Waals surface area contributed by atoms with Gasteiger partial charge in [-0.05, 0) is 55.3 Å². The maximum absolute atomic E-state index is 13.0. The van der Waals surface area contributed by atoms with E-state index in [0.29, 0.717) is 17.3 Å². The van der Waals surface area contributed by atoms with Crippen molar-refractivity contribution in [3.63, 3.8) is 0 Å². The van der Waals surface area contributed by atoms with Gasteiger partial charge in [0.25, 0.3) is 5.91 Å². The van der Waals surface area contributed by atoms with Gasteiger partial charge in [0.15, 0.2) is 6.61 Å². The van der Waals surface area contributed by atoms with Gasteiger partial charge in [-0.15, -0.1) is 0 Å². The van der Waals surface area contributed by atoms with Crippen LogP contribution in [0.3, 0.4) is 0 Å². The molecule has 0 saturated carbocycles. The van der Waals surface area contributed by atoms with Gasteiger partial charge >= 0.3 is 0 Å². The van der Waals surface area contributed by atoms with Crippen molar-refractivity contribution in [3.05, 3.63) is 64.9 Å². The van der Waals surface area contributed by atoms with Crippen molar-refractivity contribution in [2.45, 2.75) is 32.9 Å². The Bertz CT molecular complexity index is 781. The van der Waals surface area contributed by atoms with Gasteiger partial charge < -0.3 is 15.0 Å². The van der Waals surface area contributed by atoms with E-state index in [4.69, 9.17) is 16.3 Å². The topological polar surface area (TPSA) is 58.6 Å². The maximum Gasteiger partial charge on any atom is 0.261 e. The lowest BCUT2D eigenvalue weighted by Gasteiger charge is -2.28. The van der Waals surface area contributed by atoms with Gasteiger partial charge in [-0.3, -0.25) is 9.59 Å². The molecule has 1 N–H and O–H groups in total. The summed E-state index contributed by atoms with van der Waals surface area (Å²) in [6, 6.07) is 11.8. The highest BCUT2D eigenvalue weighted by molar-refractivity contribution is 6.30. The lowest BCUT2D eigenvalue weighted by atomic mass is 10.1. The lowest BCUT2D eigenvalue weighted by molar-refractivity contribution is -0.142. The van der Waals surface area contributed by atoms with Crippen LogP contribution in [0.15, 0.2) is 48.5 Å². The quantitative estimate of drug-likeness (QED) is 0.689. The Hall–Kier alpha value is -2.60. The van der Waals surface area contributed by atoms with Crippen LogP contribution in [0.2, 0.25) is 5.02 Å². The number of ether oxygens (including phenoxy) is 1. The molecule has 150 valence electrons. The van der Waals surface area contributed by atoms with E-state index < -0.39 is 6.04 Å². The average Bonchev–Trinajstić information content (AvgIpc) is 2.70. The van der Waals surface area contributed by atoms with E-state index in [1.807, 2.05) is 6.92 Å². The first-order chi connectivity index (χ1) is 13.4. The van der Waals surface area contributed by atoms with E-state index in [-0.39, 0.29) is 30.8 Å². The molecule has 1 atom stereocenters. The van der Waals surface area contributed by atoms with Crippen molar-refractivity contribution in [2.75, 3.05) is 13.2 Å². The van der Waals surface area contributed by atoms with Gasteiger partial charge in [-0.25, -0.2) is 4.39 Å². The summed E-state index contributed by atoms with van der Waals surface area (Å²) >= 11 is 5.92. The van der Waals surface area contributed by atoms with E-state index in [9.17, 15) is 14.0 Å². The Morgan fingerprint density at radius 1 is 1.14 bits per heavy atom. The molecule has 28 heavy (non-hydrogen) atoms. The van der Waals surface area contributed by atoms with Gasteiger partial charge in [-0.2, -0.15) is 0 Å². The SMILES string of the molecule is CCCNC(=O)[C@@H](C)N(Cc1ccc(Cl)cc1)C(=O)COc1ccc(F)cc1. The van der Waals surface area contributed by atoms with E-state index in [1.54, 1.807) is 31.2 Å². The number of carbonyl (C=O) groups excluding carboxylic acids is 2. The van der Waals surface area contributed by atoms with Crippen LogP contribution in [0.1, 0.15) is 25.8 Å². The van der Waals surface area contributed by atoms with Crippen molar-refractivity contribution >= 4 is 23.4 Å². The normalized spacial score (nSPS) is 11.6. The third-order valence-electron chi connectivity index (χ3n) is 4.16. The molecule has 0 bridgehead atoms. The minimum Gasteiger partial charge on any atom is -0.484 e. The van der Waals surface area contributed by atoms with Crippen molar-refractivity contribution in [2.24, 2.45) is 0 Å². The summed E-state index contributed by atoms with van der Waals surface area (Å²) < 4.78 is 18.5. The summed E-state index contributed by atoms with van der Waals surface area (Å²) in [7, 11) is 0. The first-order valence-corrected chi connectivity index (χ1v) is 9.48. The minimum atomic E-state index is -0.674. The van der Waals surface area contributed by atoms with Crippen LogP contribution in [0.4, 0.5) is 4.39 Å². The molecular formula is C21H24ClFN2O3. The predicted molar refractivity (Wildman–Crippen MR) is 107 cm³/mol. The summed E-state index contributed by atoms with van der Waals surface area (Å²) in [5.74, 6) is -0.585. The smallest absolute Gasteiger partial charge is 0.261 e. The highest BCUT2D eigenvalue weighted by Gasteiger charge is 2.26. The molecule has 2 aromatic rings. The van der Waals surface area contributed by atoms with Crippen LogP contribution in [0.25, 0.3) is 0 Å². The zero-order valence-corrected chi connectivity index (χ0v) is 16.7. The number of nitrogens with one attached hydrogen (secondary N) is 1. The summed E-state index contributed by atoms with van der Waals surface area (Å²) in [5.41, 5.74) is 0.842. The predicted octanol–water partition coefficient (Wildman–Crippen LogP) is 3.80. The third kappa shape index (κ3) is 6.53. The zero-order chi connectivity index (χ0) is 20.5. The molecule has 0 aromatic heterocycles. The highest BCUT2D eigenvalue weighted by Crippen LogP contribution is 2.15. The van der Waals surface area contributed by atoms with Gasteiger partial charge in [0.1, 0.15) is 17.6 Å². The molecule has 2 aromatic carbocycles. The molecule has 0 saturated heterocycles. The fraction of sp³-hybridized carbons (Fsp3) is 0.333. The second-order valence-electron chi connectivity index (χ2n) is 6.36. The molecule has 0 aliphatic heterocycles. The third-order valence-corrected chi connectivity index (χ3v) is 4.41. The number of hydrogen-bond acceptors (Lipinski definition) is 3. The van der Waals surface area contributed by atoms with E-state index in [1.165, 1.54) is 29.2 Å². The molecule has 0 radical (unpaired) electrons. The first kappa shape index (κ1) is 21.7. The molecule has 0 fully saturated rings. The van der Waals surface area contributed by atoms with E-state index in [0.717, 1.165) is 12.0 Å². The number of carbonyl (C=O) groups is 2. The van der Waals surface area contributed by atoms with Crippen molar-refractivity contribution in [1.29, 1.82) is 0 Å². The Kier molecular flexibility index (Phi) is 8.26. The molecular weight excluding hydrogens is 383 g/mol. The van der Waals surface area contributed by atoms with Crippen molar-refractivity contribution < 1.29 is 18.7 Å². The molecule has 0 aliphatic carbocycles. The largest absolute Gasteiger partial charge is 0.484 e. The van der Waals surface area contributed by atoms with Crippen LogP contribution in [-0.2, 0) is 16.1 Å². The fourth-order valence-electron chi connectivity index (χ4n) is 2.52. The Morgan fingerprint density at radius 2 is 1.79 bits per heavy atom. The molecule has 0 aliphatic rings. The summed E-state index contributed by atoms with van der Waals surface area (Å²) in [6.45, 7) is 4.15. The fourth-order valence-corrected chi connectivity index (χ4v) is 2.65. The van der Waals surface area contributed by atoms with Crippen LogP contribution in [0, 0.1) is 5.82 Å². The molecule has 0 heterocycles. The monoisotopic (exact) mass is 406 g/mol. The molecule has 5 nitrogen and oxygen atoms in total. The van der Waals surface area contributed by atoms with Crippen LogP contribution in [0.5, 0.6) is 5.75 Å². The lowest BCUT2D eigenvalue weighted by Crippen LogP contribution is -2.49. The Morgan fingerprint density at radius 3 is 2.39 bits per heavy atom. The summed E-state index contributed by atoms with van der Waals surface area (Å²) in [5, 5.41) is 3.40. The number of benzene rings is 2. The number of hydrogen-bond donors (Lipinski definition) is 1. The van der Waals surface area contributed by atoms with Crippen LogP contribution >= 0.6 is 11.6 Å². The number of nitrogens with zero attached hydrogens (tertiary/aromatic N) is 1. The van der Waals surface area contributed by atoms with E-state index >= 15 is 0 Å². The minimum absolute atomic E-state index is 0.231. The Balaban J connectivity index is 2.10. The Labute approximate surface area is 169 Å². The molecule has 7 heteroatoms. The number of amides is 2. The van der Waals surface area contributed by atoms with Gasteiger partial charge in [0.05, 0.1) is 0 Å².